The first kappa shape index (κ1) is 11.3. The second kappa shape index (κ2) is 3.98. The summed E-state index contributed by atoms with van der Waals surface area (Å²) in [6.45, 7) is 0. The number of quaternary nitrogens is 1. The zero-order chi connectivity index (χ0) is 11.1. The van der Waals surface area contributed by atoms with Crippen molar-refractivity contribution in [1.82, 2.24) is 4.48 Å². The first-order chi connectivity index (χ1) is 7.02. The fourth-order valence-electron chi connectivity index (χ4n) is 1.52. The standard InChI is InChI=1S/C10H9Cl2NOS/c1-13(6-15-5-10(13)14)9-3-7(11)2-8(12)4-9/h3-4H,5-6H2,1H3/q+1. The van der Waals surface area contributed by atoms with Crippen LogP contribution in [0.4, 0.5) is 5.69 Å². The van der Waals surface area contributed by atoms with E-state index in [2.05, 4.69) is 6.07 Å². The average molecular weight is 262 g/mol. The van der Waals surface area contributed by atoms with Crippen LogP contribution in [0.5, 0.6) is 0 Å². The summed E-state index contributed by atoms with van der Waals surface area (Å²) in [6.07, 6.45) is 0. The molecule has 5 heteroatoms. The van der Waals surface area contributed by atoms with Crippen molar-refractivity contribution in [2.75, 3.05) is 18.7 Å². The number of carbonyl (C=O) groups is 1. The minimum Gasteiger partial charge on any atom is -0.229 e. The van der Waals surface area contributed by atoms with E-state index in [1.807, 2.05) is 7.05 Å². The zero-order valence-corrected chi connectivity index (χ0v) is 10.4. The van der Waals surface area contributed by atoms with Crippen LogP contribution in [-0.4, -0.2) is 24.6 Å². The third-order valence-corrected chi connectivity index (χ3v) is 4.04. The lowest BCUT2D eigenvalue weighted by molar-refractivity contribution is -0.124. The molecule has 1 fully saturated rings. The molecule has 1 aliphatic heterocycles. The first-order valence-corrected chi connectivity index (χ1v) is 6.29. The van der Waals surface area contributed by atoms with Gasteiger partial charge in [0.1, 0.15) is 17.3 Å². The van der Waals surface area contributed by atoms with Gasteiger partial charge in [-0.15, -0.1) is 0 Å². The smallest absolute Gasteiger partial charge is 0.229 e. The van der Waals surface area contributed by atoms with Gasteiger partial charge in [0.15, 0.2) is 0 Å². The summed E-state index contributed by atoms with van der Waals surface area (Å²) in [4.78, 5) is 11.8. The molecule has 0 bridgehead atoms. The van der Waals surface area contributed by atoms with E-state index in [-0.39, 0.29) is 10.4 Å². The van der Waals surface area contributed by atoms with Gasteiger partial charge in [-0.25, -0.2) is 9.28 Å². The monoisotopic (exact) mass is 261 g/mol. The van der Waals surface area contributed by atoms with Crippen molar-refractivity contribution in [1.29, 1.82) is 0 Å². The Kier molecular flexibility index (Phi) is 2.99. The second-order valence-corrected chi connectivity index (χ2v) is 5.37. The molecular formula is C10H9Cl2NOS+. The molecule has 2 rings (SSSR count). The van der Waals surface area contributed by atoms with Crippen LogP contribution in [0.1, 0.15) is 0 Å². The Morgan fingerprint density at radius 3 is 2.47 bits per heavy atom. The number of benzene rings is 1. The highest BCUT2D eigenvalue weighted by molar-refractivity contribution is 8.00. The summed E-state index contributed by atoms with van der Waals surface area (Å²) in [5, 5.41) is 0.892. The Balaban J connectivity index is 2.48. The molecule has 79 valence electrons. The lowest BCUT2D eigenvalue weighted by atomic mass is 10.2. The maximum absolute atomic E-state index is 11.8. The Morgan fingerprint density at radius 1 is 1.40 bits per heavy atom. The summed E-state index contributed by atoms with van der Waals surface area (Å²) in [7, 11) is 1.88. The van der Waals surface area contributed by atoms with Crippen LogP contribution in [0, 0.1) is 6.07 Å². The van der Waals surface area contributed by atoms with Gasteiger partial charge >= 0.3 is 5.91 Å². The van der Waals surface area contributed by atoms with Crippen LogP contribution >= 0.6 is 35.0 Å². The minimum absolute atomic E-state index is 0.179. The first-order valence-electron chi connectivity index (χ1n) is 4.38. The van der Waals surface area contributed by atoms with E-state index in [0.717, 1.165) is 11.6 Å². The van der Waals surface area contributed by atoms with Crippen LogP contribution < -0.4 is 4.48 Å². The van der Waals surface area contributed by atoms with Crippen LogP contribution in [-0.2, 0) is 4.79 Å². The fourth-order valence-corrected chi connectivity index (χ4v) is 3.21. The van der Waals surface area contributed by atoms with E-state index in [9.17, 15) is 4.79 Å². The number of halogens is 2. The summed E-state index contributed by atoms with van der Waals surface area (Å²) >= 11 is 13.4. The van der Waals surface area contributed by atoms with Crippen LogP contribution in [0.25, 0.3) is 0 Å². The summed E-state index contributed by atoms with van der Waals surface area (Å²) in [5.41, 5.74) is 0.832. The molecule has 0 saturated carbocycles. The molecule has 1 aromatic rings. The largest absolute Gasteiger partial charge is 0.329 e. The fraction of sp³-hybridized carbons (Fsp3) is 0.300. The number of amides is 1. The highest BCUT2D eigenvalue weighted by atomic mass is 35.5. The topological polar surface area (TPSA) is 17.1 Å². The number of hydrogen-bond acceptors (Lipinski definition) is 2. The molecular weight excluding hydrogens is 253 g/mol. The second-order valence-electron chi connectivity index (χ2n) is 3.60. The van der Waals surface area contributed by atoms with Gasteiger partial charge in [0, 0.05) is 18.2 Å². The van der Waals surface area contributed by atoms with Gasteiger partial charge in [-0.2, -0.15) is 0 Å². The molecule has 0 aromatic heterocycles. The van der Waals surface area contributed by atoms with Gasteiger partial charge in [0.05, 0.1) is 17.1 Å². The van der Waals surface area contributed by atoms with E-state index in [1.165, 1.54) is 0 Å². The molecule has 0 N–H and O–H groups in total. The van der Waals surface area contributed by atoms with Crippen LogP contribution in [0.15, 0.2) is 12.1 Å². The summed E-state index contributed by atoms with van der Waals surface area (Å²) in [5.74, 6) is 1.46. The molecule has 0 spiro atoms. The lowest BCUT2D eigenvalue weighted by Gasteiger charge is -2.24. The van der Waals surface area contributed by atoms with Crippen molar-refractivity contribution in [3.8, 4) is 0 Å². The van der Waals surface area contributed by atoms with Crippen LogP contribution in [0.3, 0.4) is 0 Å². The molecule has 1 aromatic carbocycles. The molecule has 1 radical (unpaired) electrons. The molecule has 15 heavy (non-hydrogen) atoms. The third kappa shape index (κ3) is 2.02. The van der Waals surface area contributed by atoms with Gasteiger partial charge in [0.2, 0.25) is 0 Å². The Morgan fingerprint density at radius 2 is 2.00 bits per heavy atom. The van der Waals surface area contributed by atoms with E-state index >= 15 is 0 Å². The van der Waals surface area contributed by atoms with Gasteiger partial charge in [0.25, 0.3) is 0 Å². The third-order valence-electron chi connectivity index (χ3n) is 2.48. The molecule has 1 amide bonds. The molecule has 1 atom stereocenters. The maximum atomic E-state index is 11.8. The van der Waals surface area contributed by atoms with E-state index < -0.39 is 0 Å². The molecule has 0 aliphatic carbocycles. The van der Waals surface area contributed by atoms with Crippen LogP contribution in [0.2, 0.25) is 10.0 Å². The number of thioether (sulfide) groups is 1. The molecule has 1 saturated heterocycles. The average Bonchev–Trinajstić information content (AvgIpc) is 2.47. The number of nitrogens with zero attached hydrogens (tertiary/aromatic N) is 1. The molecule has 2 nitrogen and oxygen atoms in total. The molecule has 1 heterocycles. The SMILES string of the molecule is C[N+]1(c2cc(Cl)[c]c(Cl)c2)CSCC1=O. The normalized spacial score (nSPS) is 25.9. The van der Waals surface area contributed by atoms with Gasteiger partial charge in [-0.3, -0.25) is 0 Å². The van der Waals surface area contributed by atoms with Gasteiger partial charge in [-0.05, 0) is 0 Å². The Labute approximate surface area is 103 Å². The van der Waals surface area contributed by atoms with E-state index in [0.29, 0.717) is 15.8 Å². The van der Waals surface area contributed by atoms with Crippen molar-refractivity contribution in [3.05, 3.63) is 28.2 Å². The summed E-state index contributed by atoms with van der Waals surface area (Å²) < 4.78 is 0.263. The number of hydrogen-bond donors (Lipinski definition) is 0. The predicted octanol–water partition coefficient (Wildman–Crippen LogP) is 2.96. The maximum Gasteiger partial charge on any atom is 0.329 e. The number of carbonyl (C=O) groups excluding carboxylic acids is 1. The predicted molar refractivity (Wildman–Crippen MR) is 65.3 cm³/mol. The Hall–Kier alpha value is -0.220. The zero-order valence-electron chi connectivity index (χ0n) is 8.09. The van der Waals surface area contributed by atoms with E-state index in [4.69, 9.17) is 23.2 Å². The van der Waals surface area contributed by atoms with Crippen molar-refractivity contribution < 1.29 is 4.79 Å². The van der Waals surface area contributed by atoms with Gasteiger partial charge in [-0.1, -0.05) is 35.0 Å². The highest BCUT2D eigenvalue weighted by Gasteiger charge is 2.40. The number of rotatable bonds is 1. The quantitative estimate of drug-likeness (QED) is 0.724. The molecule has 1 aliphatic rings. The van der Waals surface area contributed by atoms with Crippen molar-refractivity contribution in [2.45, 2.75) is 0 Å². The van der Waals surface area contributed by atoms with Crippen molar-refractivity contribution in [3.63, 3.8) is 0 Å². The lowest BCUT2D eigenvalue weighted by Crippen LogP contribution is -2.46. The van der Waals surface area contributed by atoms with E-state index in [1.54, 1.807) is 23.9 Å². The van der Waals surface area contributed by atoms with Gasteiger partial charge < -0.3 is 0 Å². The van der Waals surface area contributed by atoms with Crippen molar-refractivity contribution >= 4 is 46.6 Å². The molecule has 1 unspecified atom stereocenters. The Bertz CT molecular complexity index is 404. The highest BCUT2D eigenvalue weighted by Crippen LogP contribution is 2.34. The van der Waals surface area contributed by atoms with Crippen molar-refractivity contribution in [2.24, 2.45) is 0 Å². The minimum atomic E-state index is 0.179. The summed E-state index contributed by atoms with van der Waals surface area (Å²) in [6, 6.07) is 6.26.